The Hall–Kier alpha value is -0.435. The quantitative estimate of drug-likeness (QED) is 0.538. The third-order valence-corrected chi connectivity index (χ3v) is 3.12. The van der Waals surface area contributed by atoms with Crippen molar-refractivity contribution in [2.45, 2.75) is 31.4 Å². The summed E-state index contributed by atoms with van der Waals surface area (Å²) in [5.74, 6) is 0. The summed E-state index contributed by atoms with van der Waals surface area (Å²) in [5, 5.41) is 0. The van der Waals surface area contributed by atoms with Crippen LogP contribution in [0.1, 0.15) is 13.8 Å². The van der Waals surface area contributed by atoms with Gasteiger partial charge in [0, 0.05) is 17.3 Å². The number of hydrogen-bond acceptors (Lipinski definition) is 2. The Kier molecular flexibility index (Phi) is 4.36. The molecule has 0 aliphatic heterocycles. The largest absolute Gasteiger partial charge is 0.264 e. The van der Waals surface area contributed by atoms with Gasteiger partial charge in [-0.25, -0.2) is 0 Å². The number of hydrogen-bond donors (Lipinski definition) is 0. The standard InChI is InChI=1S/C10H16BNS/c1-4-11(5-2)9-6-10(13-3)8-12-7-9/h6-8H,4-5H2,1-3H3. The second-order valence-electron chi connectivity index (χ2n) is 3.17. The summed E-state index contributed by atoms with van der Waals surface area (Å²) in [6.45, 7) is 5.15. The molecule has 1 rings (SSSR count). The molecule has 70 valence electrons. The van der Waals surface area contributed by atoms with Gasteiger partial charge in [-0.3, -0.25) is 4.98 Å². The highest BCUT2D eigenvalue weighted by Crippen LogP contribution is 2.11. The average molecular weight is 193 g/mol. The topological polar surface area (TPSA) is 12.9 Å². The van der Waals surface area contributed by atoms with Crippen LogP contribution in [0, 0.1) is 0 Å². The van der Waals surface area contributed by atoms with Crippen molar-refractivity contribution in [2.24, 2.45) is 0 Å². The molecule has 0 unspecified atom stereocenters. The molecule has 0 atom stereocenters. The normalized spacial score (nSPS) is 10.1. The zero-order chi connectivity index (χ0) is 9.68. The summed E-state index contributed by atoms with van der Waals surface area (Å²) in [7, 11) is 0. The lowest BCUT2D eigenvalue weighted by molar-refractivity contribution is 1.24. The molecule has 1 aromatic rings. The van der Waals surface area contributed by atoms with Crippen molar-refractivity contribution in [3.63, 3.8) is 0 Å². The Morgan fingerprint density at radius 1 is 1.31 bits per heavy atom. The summed E-state index contributed by atoms with van der Waals surface area (Å²) in [4.78, 5) is 5.52. The Bertz CT molecular complexity index is 261. The maximum atomic E-state index is 4.25. The van der Waals surface area contributed by atoms with Gasteiger partial charge >= 0.3 is 0 Å². The van der Waals surface area contributed by atoms with E-state index in [0.717, 1.165) is 0 Å². The van der Waals surface area contributed by atoms with Gasteiger partial charge in [-0.05, 0) is 6.26 Å². The van der Waals surface area contributed by atoms with Crippen LogP contribution in [0.3, 0.4) is 0 Å². The highest BCUT2D eigenvalue weighted by atomic mass is 32.2. The molecule has 0 aromatic carbocycles. The van der Waals surface area contributed by atoms with Crippen LogP contribution in [0.2, 0.25) is 12.6 Å². The minimum atomic E-state index is 0.680. The number of rotatable bonds is 4. The molecule has 0 spiro atoms. The molecular formula is C10H16BNS. The van der Waals surface area contributed by atoms with Crippen LogP contribution in [0.4, 0.5) is 0 Å². The first-order valence-electron chi connectivity index (χ1n) is 4.80. The fraction of sp³-hybridized carbons (Fsp3) is 0.500. The molecule has 0 bridgehead atoms. The van der Waals surface area contributed by atoms with Crippen LogP contribution in [-0.2, 0) is 0 Å². The van der Waals surface area contributed by atoms with Gasteiger partial charge in [-0.15, -0.1) is 11.8 Å². The third-order valence-electron chi connectivity index (χ3n) is 2.43. The van der Waals surface area contributed by atoms with Crippen molar-refractivity contribution in [1.82, 2.24) is 4.98 Å². The second kappa shape index (κ2) is 5.33. The fourth-order valence-electron chi connectivity index (χ4n) is 1.53. The molecule has 1 nitrogen and oxygen atoms in total. The second-order valence-corrected chi connectivity index (χ2v) is 4.05. The predicted molar refractivity (Wildman–Crippen MR) is 62.4 cm³/mol. The summed E-state index contributed by atoms with van der Waals surface area (Å²) in [6.07, 6.45) is 8.42. The molecule has 3 heteroatoms. The first kappa shape index (κ1) is 10.6. The van der Waals surface area contributed by atoms with Gasteiger partial charge in [0.15, 0.2) is 6.71 Å². The molecule has 0 radical (unpaired) electrons. The van der Waals surface area contributed by atoms with E-state index in [0.29, 0.717) is 6.71 Å². The minimum Gasteiger partial charge on any atom is -0.264 e. The molecule has 1 heterocycles. The van der Waals surface area contributed by atoms with Crippen molar-refractivity contribution in [2.75, 3.05) is 6.26 Å². The van der Waals surface area contributed by atoms with Crippen molar-refractivity contribution in [1.29, 1.82) is 0 Å². The molecule has 1 aromatic heterocycles. The first-order valence-corrected chi connectivity index (χ1v) is 6.03. The van der Waals surface area contributed by atoms with E-state index in [1.807, 2.05) is 12.4 Å². The van der Waals surface area contributed by atoms with Gasteiger partial charge in [-0.2, -0.15) is 0 Å². The van der Waals surface area contributed by atoms with Crippen LogP contribution < -0.4 is 5.46 Å². The Morgan fingerprint density at radius 3 is 2.54 bits per heavy atom. The number of nitrogens with zero attached hydrogens (tertiary/aromatic N) is 1. The monoisotopic (exact) mass is 193 g/mol. The fourth-order valence-corrected chi connectivity index (χ4v) is 1.95. The highest BCUT2D eigenvalue weighted by molar-refractivity contribution is 7.98. The van der Waals surface area contributed by atoms with Gasteiger partial charge < -0.3 is 0 Å². The number of aromatic nitrogens is 1. The molecule has 0 saturated carbocycles. The molecule has 0 saturated heterocycles. The maximum absolute atomic E-state index is 4.25. The highest BCUT2D eigenvalue weighted by Gasteiger charge is 2.11. The van der Waals surface area contributed by atoms with Crippen LogP contribution in [0.15, 0.2) is 23.4 Å². The van der Waals surface area contributed by atoms with E-state index >= 15 is 0 Å². The van der Waals surface area contributed by atoms with E-state index in [4.69, 9.17) is 0 Å². The van der Waals surface area contributed by atoms with Gasteiger partial charge in [0.2, 0.25) is 0 Å². The van der Waals surface area contributed by atoms with E-state index in [1.54, 1.807) is 11.8 Å². The molecule has 0 fully saturated rings. The smallest absolute Gasteiger partial charge is 0.177 e. The lowest BCUT2D eigenvalue weighted by Gasteiger charge is -2.08. The van der Waals surface area contributed by atoms with Crippen molar-refractivity contribution in [3.8, 4) is 0 Å². The SMILES string of the molecule is CCB(CC)c1cncc(SC)c1. The Morgan fingerprint density at radius 2 is 2.00 bits per heavy atom. The molecule has 0 N–H and O–H groups in total. The van der Waals surface area contributed by atoms with Crippen molar-refractivity contribution >= 4 is 23.9 Å². The van der Waals surface area contributed by atoms with Crippen LogP contribution in [-0.4, -0.2) is 18.0 Å². The summed E-state index contributed by atoms with van der Waals surface area (Å²) >= 11 is 1.76. The van der Waals surface area contributed by atoms with Crippen molar-refractivity contribution in [3.05, 3.63) is 18.5 Å². The molecule has 0 aliphatic carbocycles. The molecule has 0 amide bonds. The van der Waals surface area contributed by atoms with Crippen LogP contribution in [0.25, 0.3) is 0 Å². The summed E-state index contributed by atoms with van der Waals surface area (Å²) in [6, 6.07) is 2.26. The average Bonchev–Trinajstić information content (AvgIpc) is 2.20. The van der Waals surface area contributed by atoms with Gasteiger partial charge in [-0.1, -0.05) is 38.0 Å². The van der Waals surface area contributed by atoms with E-state index in [-0.39, 0.29) is 0 Å². The first-order chi connectivity index (χ1) is 6.31. The van der Waals surface area contributed by atoms with E-state index in [1.165, 1.54) is 23.0 Å². The Labute approximate surface area is 85.4 Å². The van der Waals surface area contributed by atoms with E-state index in [9.17, 15) is 0 Å². The Balaban J connectivity index is 2.86. The molecular weight excluding hydrogens is 177 g/mol. The lowest BCUT2D eigenvalue weighted by atomic mass is 9.42. The number of pyridine rings is 1. The van der Waals surface area contributed by atoms with Gasteiger partial charge in [0.1, 0.15) is 0 Å². The molecule has 0 aliphatic rings. The lowest BCUT2D eigenvalue weighted by Crippen LogP contribution is -2.28. The minimum absolute atomic E-state index is 0.680. The molecule has 13 heavy (non-hydrogen) atoms. The van der Waals surface area contributed by atoms with Crippen LogP contribution in [0.5, 0.6) is 0 Å². The van der Waals surface area contributed by atoms with Crippen molar-refractivity contribution < 1.29 is 0 Å². The van der Waals surface area contributed by atoms with Gasteiger partial charge in [0.25, 0.3) is 0 Å². The zero-order valence-electron chi connectivity index (χ0n) is 8.58. The maximum Gasteiger partial charge on any atom is 0.177 e. The summed E-state index contributed by atoms with van der Waals surface area (Å²) in [5.41, 5.74) is 1.39. The van der Waals surface area contributed by atoms with E-state index < -0.39 is 0 Å². The zero-order valence-corrected chi connectivity index (χ0v) is 9.40. The predicted octanol–water partition coefficient (Wildman–Crippen LogP) is 2.55. The third kappa shape index (κ3) is 2.76. The number of thioether (sulfide) groups is 1. The van der Waals surface area contributed by atoms with Crippen LogP contribution >= 0.6 is 11.8 Å². The summed E-state index contributed by atoms with van der Waals surface area (Å²) < 4.78 is 0. The van der Waals surface area contributed by atoms with E-state index in [2.05, 4.69) is 31.2 Å². The van der Waals surface area contributed by atoms with Gasteiger partial charge in [0.05, 0.1) is 0 Å².